The lowest BCUT2D eigenvalue weighted by Gasteiger charge is -2.06. The monoisotopic (exact) mass is 329 g/mol. The second-order valence-electron chi connectivity index (χ2n) is 5.56. The summed E-state index contributed by atoms with van der Waals surface area (Å²) in [5, 5.41) is 2.85. The van der Waals surface area contributed by atoms with E-state index in [1.807, 2.05) is 60.7 Å². The zero-order valence-electron chi connectivity index (χ0n) is 13.3. The van der Waals surface area contributed by atoms with Crippen LogP contribution in [0.15, 0.2) is 73.2 Å². The lowest BCUT2D eigenvalue weighted by molar-refractivity contribution is -0.116. The van der Waals surface area contributed by atoms with E-state index in [4.69, 9.17) is 0 Å². The van der Waals surface area contributed by atoms with E-state index in [0.29, 0.717) is 11.5 Å². The average Bonchev–Trinajstić information content (AvgIpc) is 3.05. The summed E-state index contributed by atoms with van der Waals surface area (Å²) in [5.41, 5.74) is 2.99. The highest BCUT2D eigenvalue weighted by molar-refractivity contribution is 5.91. The number of carbonyl (C=O) groups excluding carboxylic acids is 1. The molecule has 0 aliphatic heterocycles. The van der Waals surface area contributed by atoms with Crippen LogP contribution in [-0.2, 0) is 11.3 Å². The largest absolute Gasteiger partial charge is 0.325 e. The molecule has 4 rings (SSSR count). The maximum atomic E-state index is 12.2. The van der Waals surface area contributed by atoms with Gasteiger partial charge in [0.15, 0.2) is 11.5 Å². The van der Waals surface area contributed by atoms with Crippen LogP contribution in [0, 0.1) is 0 Å². The Bertz CT molecular complexity index is 1010. The molecule has 6 heteroatoms. The summed E-state index contributed by atoms with van der Waals surface area (Å²) < 4.78 is 1.74. The fraction of sp³-hybridized carbons (Fsp3) is 0.0526. The molecule has 0 radical (unpaired) electrons. The summed E-state index contributed by atoms with van der Waals surface area (Å²) in [6.45, 7) is 0.152. The number of fused-ring (bicyclic) bond motifs is 1. The Hall–Kier alpha value is -3.54. The second-order valence-corrected chi connectivity index (χ2v) is 5.56. The second kappa shape index (κ2) is 6.52. The van der Waals surface area contributed by atoms with Crippen molar-refractivity contribution in [2.24, 2.45) is 0 Å². The van der Waals surface area contributed by atoms with Gasteiger partial charge in [0, 0.05) is 11.3 Å². The fourth-order valence-electron chi connectivity index (χ4n) is 2.58. The molecule has 0 atom stereocenters. The molecule has 122 valence electrons. The molecule has 2 heterocycles. The van der Waals surface area contributed by atoms with E-state index in [0.717, 1.165) is 16.8 Å². The number of anilines is 1. The molecule has 0 aliphatic carbocycles. The Morgan fingerprint density at radius 1 is 0.960 bits per heavy atom. The molecule has 1 N–H and O–H groups in total. The fourth-order valence-corrected chi connectivity index (χ4v) is 2.58. The summed E-state index contributed by atoms with van der Waals surface area (Å²) in [4.78, 5) is 25.4. The molecule has 0 saturated heterocycles. The Morgan fingerprint density at radius 3 is 2.44 bits per heavy atom. The van der Waals surface area contributed by atoms with Gasteiger partial charge in [-0.2, -0.15) is 0 Å². The van der Waals surface area contributed by atoms with Crippen molar-refractivity contribution < 1.29 is 4.79 Å². The van der Waals surface area contributed by atoms with E-state index < -0.39 is 0 Å². The van der Waals surface area contributed by atoms with Crippen molar-refractivity contribution in [1.29, 1.82) is 0 Å². The van der Waals surface area contributed by atoms with E-state index in [1.165, 1.54) is 0 Å². The maximum Gasteiger partial charge on any atom is 0.244 e. The first kappa shape index (κ1) is 15.0. The molecule has 0 saturated carbocycles. The number of hydrogen-bond acceptors (Lipinski definition) is 4. The van der Waals surface area contributed by atoms with Crippen LogP contribution < -0.4 is 5.32 Å². The van der Waals surface area contributed by atoms with Crippen LogP contribution in [0.3, 0.4) is 0 Å². The number of nitrogens with one attached hydrogen (secondary N) is 1. The first-order valence-electron chi connectivity index (χ1n) is 7.88. The lowest BCUT2D eigenvalue weighted by Crippen LogP contribution is -2.18. The third kappa shape index (κ3) is 3.23. The Morgan fingerprint density at radius 2 is 1.68 bits per heavy atom. The normalized spacial score (nSPS) is 10.7. The molecule has 0 spiro atoms. The van der Waals surface area contributed by atoms with Crippen LogP contribution in [0.5, 0.6) is 0 Å². The predicted octanol–water partition coefficient (Wildman–Crippen LogP) is 3.13. The van der Waals surface area contributed by atoms with Crippen molar-refractivity contribution in [3.63, 3.8) is 0 Å². The summed E-state index contributed by atoms with van der Waals surface area (Å²) in [7, 11) is 0. The van der Waals surface area contributed by atoms with Crippen molar-refractivity contribution in [2.75, 3.05) is 5.32 Å². The van der Waals surface area contributed by atoms with Gasteiger partial charge in [-0.25, -0.2) is 15.0 Å². The maximum absolute atomic E-state index is 12.2. The number of imidazole rings is 1. The molecular formula is C19H15N5O. The quantitative estimate of drug-likeness (QED) is 0.624. The SMILES string of the molecule is O=C(Cn1cnc2nc(-c3ccccc3)ncc21)Nc1ccccc1. The number of nitrogens with zero attached hydrogens (tertiary/aromatic N) is 4. The third-order valence-electron chi connectivity index (χ3n) is 3.78. The van der Waals surface area contributed by atoms with Crippen LogP contribution in [-0.4, -0.2) is 25.4 Å². The molecule has 0 aliphatic rings. The third-order valence-corrected chi connectivity index (χ3v) is 3.78. The van der Waals surface area contributed by atoms with Gasteiger partial charge in [-0.15, -0.1) is 0 Å². The number of carbonyl (C=O) groups is 1. The van der Waals surface area contributed by atoms with Gasteiger partial charge in [0.05, 0.1) is 12.5 Å². The minimum absolute atomic E-state index is 0.127. The van der Waals surface area contributed by atoms with Crippen LogP contribution in [0.1, 0.15) is 0 Å². The minimum Gasteiger partial charge on any atom is -0.325 e. The number of benzene rings is 2. The first-order chi connectivity index (χ1) is 12.3. The average molecular weight is 329 g/mol. The summed E-state index contributed by atoms with van der Waals surface area (Å²) >= 11 is 0. The summed E-state index contributed by atoms with van der Waals surface area (Å²) in [5.74, 6) is 0.490. The Kier molecular flexibility index (Phi) is 3.92. The lowest BCUT2D eigenvalue weighted by atomic mass is 10.2. The van der Waals surface area contributed by atoms with Crippen molar-refractivity contribution in [1.82, 2.24) is 19.5 Å². The highest BCUT2D eigenvalue weighted by Crippen LogP contribution is 2.17. The molecule has 4 aromatic rings. The Balaban J connectivity index is 1.56. The number of aromatic nitrogens is 4. The highest BCUT2D eigenvalue weighted by atomic mass is 16.1. The smallest absolute Gasteiger partial charge is 0.244 e. The summed E-state index contributed by atoms with van der Waals surface area (Å²) in [6.07, 6.45) is 3.31. The molecule has 0 fully saturated rings. The van der Waals surface area contributed by atoms with Gasteiger partial charge in [0.1, 0.15) is 12.1 Å². The number of amides is 1. The van der Waals surface area contributed by atoms with Crippen molar-refractivity contribution in [3.05, 3.63) is 73.2 Å². The molecule has 1 amide bonds. The van der Waals surface area contributed by atoms with Crippen molar-refractivity contribution >= 4 is 22.8 Å². The van der Waals surface area contributed by atoms with Gasteiger partial charge in [-0.05, 0) is 12.1 Å². The van der Waals surface area contributed by atoms with Gasteiger partial charge >= 0.3 is 0 Å². The molecule has 2 aromatic heterocycles. The van der Waals surface area contributed by atoms with Gasteiger partial charge in [-0.1, -0.05) is 48.5 Å². The van der Waals surface area contributed by atoms with Crippen molar-refractivity contribution in [2.45, 2.75) is 6.54 Å². The van der Waals surface area contributed by atoms with Crippen molar-refractivity contribution in [3.8, 4) is 11.4 Å². The highest BCUT2D eigenvalue weighted by Gasteiger charge is 2.10. The number of rotatable bonds is 4. The van der Waals surface area contributed by atoms with Crippen LogP contribution >= 0.6 is 0 Å². The molecule has 2 aromatic carbocycles. The van der Waals surface area contributed by atoms with E-state index in [-0.39, 0.29) is 12.5 Å². The minimum atomic E-state index is -0.127. The van der Waals surface area contributed by atoms with E-state index >= 15 is 0 Å². The van der Waals surface area contributed by atoms with Crippen LogP contribution in [0.4, 0.5) is 5.69 Å². The van der Waals surface area contributed by atoms with Gasteiger partial charge in [0.2, 0.25) is 5.91 Å². The number of hydrogen-bond donors (Lipinski definition) is 1. The first-order valence-corrected chi connectivity index (χ1v) is 7.88. The molecule has 0 bridgehead atoms. The van der Waals surface area contributed by atoms with E-state index in [1.54, 1.807) is 17.1 Å². The predicted molar refractivity (Wildman–Crippen MR) is 95.8 cm³/mol. The van der Waals surface area contributed by atoms with Crippen LogP contribution in [0.25, 0.3) is 22.6 Å². The topological polar surface area (TPSA) is 72.7 Å². The van der Waals surface area contributed by atoms with Crippen LogP contribution in [0.2, 0.25) is 0 Å². The zero-order chi connectivity index (χ0) is 17.1. The molecule has 25 heavy (non-hydrogen) atoms. The van der Waals surface area contributed by atoms with Gasteiger partial charge in [0.25, 0.3) is 0 Å². The molecule has 0 unspecified atom stereocenters. The van der Waals surface area contributed by atoms with Gasteiger partial charge < -0.3 is 9.88 Å². The van der Waals surface area contributed by atoms with Gasteiger partial charge in [-0.3, -0.25) is 4.79 Å². The molecule has 6 nitrogen and oxygen atoms in total. The Labute approximate surface area is 144 Å². The molecular weight excluding hydrogens is 314 g/mol. The number of para-hydroxylation sites is 1. The van der Waals surface area contributed by atoms with E-state index in [2.05, 4.69) is 20.3 Å². The zero-order valence-corrected chi connectivity index (χ0v) is 13.3. The summed E-state index contributed by atoms with van der Waals surface area (Å²) in [6, 6.07) is 19.1. The van der Waals surface area contributed by atoms with E-state index in [9.17, 15) is 4.79 Å². The standard InChI is InChI=1S/C19H15N5O/c25-17(22-15-9-5-2-6-10-15)12-24-13-21-19-16(24)11-20-18(23-19)14-7-3-1-4-8-14/h1-11,13H,12H2,(H,22,25).